The summed E-state index contributed by atoms with van der Waals surface area (Å²) in [5, 5.41) is 4.81. The topological polar surface area (TPSA) is 21.3 Å². The Morgan fingerprint density at radius 1 is 1.39 bits per heavy atom. The van der Waals surface area contributed by atoms with Crippen LogP contribution in [0.15, 0.2) is 18.2 Å². The van der Waals surface area contributed by atoms with Gasteiger partial charge < -0.3 is 10.1 Å². The first-order valence-electron chi connectivity index (χ1n) is 6.31. The van der Waals surface area contributed by atoms with E-state index < -0.39 is 0 Å². The summed E-state index contributed by atoms with van der Waals surface area (Å²) in [5.41, 5.74) is 1.26. The zero-order chi connectivity index (χ0) is 13.0. The van der Waals surface area contributed by atoms with Crippen molar-refractivity contribution in [2.75, 3.05) is 26.8 Å². The van der Waals surface area contributed by atoms with Crippen LogP contribution in [0.3, 0.4) is 0 Å². The van der Waals surface area contributed by atoms with E-state index in [4.69, 9.17) is 27.9 Å². The highest BCUT2D eigenvalue weighted by atomic mass is 35.5. The molecule has 1 aliphatic heterocycles. The summed E-state index contributed by atoms with van der Waals surface area (Å²) in [6.07, 6.45) is 3.18. The second-order valence-corrected chi connectivity index (χ2v) is 5.94. The van der Waals surface area contributed by atoms with E-state index in [1.54, 1.807) is 0 Å². The van der Waals surface area contributed by atoms with Crippen LogP contribution in [0.4, 0.5) is 0 Å². The fourth-order valence-corrected chi connectivity index (χ4v) is 3.09. The molecule has 0 aromatic heterocycles. The second-order valence-electron chi connectivity index (χ2n) is 5.10. The van der Waals surface area contributed by atoms with Gasteiger partial charge >= 0.3 is 0 Å². The molecule has 1 aromatic rings. The number of ether oxygens (including phenoxy) is 1. The molecule has 1 fully saturated rings. The lowest BCUT2D eigenvalue weighted by molar-refractivity contribution is -0.00622. The van der Waals surface area contributed by atoms with E-state index in [9.17, 15) is 0 Å². The van der Waals surface area contributed by atoms with E-state index in [1.165, 1.54) is 0 Å². The van der Waals surface area contributed by atoms with Gasteiger partial charge in [-0.2, -0.15) is 0 Å². The Morgan fingerprint density at radius 3 is 2.89 bits per heavy atom. The Hall–Kier alpha value is -0.280. The second kappa shape index (κ2) is 6.25. The number of hydrogen-bond donors (Lipinski definition) is 1. The molecule has 1 atom stereocenters. The summed E-state index contributed by atoms with van der Waals surface area (Å²) in [6.45, 7) is 2.60. The summed E-state index contributed by atoms with van der Waals surface area (Å²) in [7, 11) is 1.98. The number of benzene rings is 1. The highest BCUT2D eigenvalue weighted by molar-refractivity contribution is 6.33. The average molecular weight is 288 g/mol. The highest BCUT2D eigenvalue weighted by Gasteiger charge is 2.33. The SMILES string of the molecule is CNCC1(Cc2cc(Cl)ccc2Cl)CCCOC1. The quantitative estimate of drug-likeness (QED) is 0.914. The van der Waals surface area contributed by atoms with E-state index >= 15 is 0 Å². The largest absolute Gasteiger partial charge is 0.381 e. The molecule has 100 valence electrons. The van der Waals surface area contributed by atoms with Gasteiger partial charge in [0.15, 0.2) is 0 Å². The summed E-state index contributed by atoms with van der Waals surface area (Å²) >= 11 is 12.3. The van der Waals surface area contributed by atoms with Gasteiger partial charge in [-0.25, -0.2) is 0 Å². The minimum atomic E-state index is 0.140. The number of halogens is 2. The third-order valence-corrected chi connectivity index (χ3v) is 4.13. The monoisotopic (exact) mass is 287 g/mol. The molecule has 0 radical (unpaired) electrons. The molecule has 4 heteroatoms. The van der Waals surface area contributed by atoms with Crippen LogP contribution in [0.25, 0.3) is 0 Å². The van der Waals surface area contributed by atoms with Crippen LogP contribution in [-0.2, 0) is 11.2 Å². The van der Waals surface area contributed by atoms with Crippen molar-refractivity contribution < 1.29 is 4.74 Å². The first-order valence-corrected chi connectivity index (χ1v) is 7.07. The molecule has 0 amide bonds. The number of rotatable bonds is 4. The molecule has 18 heavy (non-hydrogen) atoms. The maximum Gasteiger partial charge on any atom is 0.0537 e. The van der Waals surface area contributed by atoms with Gasteiger partial charge in [0.25, 0.3) is 0 Å². The van der Waals surface area contributed by atoms with E-state index in [-0.39, 0.29) is 5.41 Å². The standard InChI is InChI=1S/C14H19Cl2NO/c1-17-9-14(5-2-6-18-10-14)8-11-7-12(15)3-4-13(11)16/h3-4,7,17H,2,5-6,8-10H2,1H3. The predicted octanol–water partition coefficient (Wildman–Crippen LogP) is 3.55. The van der Waals surface area contributed by atoms with Gasteiger partial charge in [-0.3, -0.25) is 0 Å². The maximum atomic E-state index is 6.26. The minimum absolute atomic E-state index is 0.140. The minimum Gasteiger partial charge on any atom is -0.381 e. The molecule has 1 aliphatic rings. The Bertz CT molecular complexity index is 397. The van der Waals surface area contributed by atoms with Gasteiger partial charge in [0.2, 0.25) is 0 Å². The van der Waals surface area contributed by atoms with Gasteiger partial charge in [0, 0.05) is 28.6 Å². The van der Waals surface area contributed by atoms with Crippen molar-refractivity contribution in [1.29, 1.82) is 0 Å². The summed E-state index contributed by atoms with van der Waals surface area (Å²) in [6, 6.07) is 5.67. The molecule has 2 nitrogen and oxygen atoms in total. The highest BCUT2D eigenvalue weighted by Crippen LogP contribution is 2.34. The van der Waals surface area contributed by atoms with Crippen molar-refractivity contribution in [3.05, 3.63) is 33.8 Å². The number of nitrogens with one attached hydrogen (secondary N) is 1. The Kier molecular flexibility index (Phi) is 4.91. The van der Waals surface area contributed by atoms with Crippen LogP contribution < -0.4 is 5.32 Å². The molecule has 1 heterocycles. The predicted molar refractivity (Wildman–Crippen MR) is 76.6 cm³/mol. The molecular formula is C14H19Cl2NO. The van der Waals surface area contributed by atoms with Crippen LogP contribution in [0, 0.1) is 5.41 Å². The maximum absolute atomic E-state index is 6.26. The van der Waals surface area contributed by atoms with Gasteiger partial charge in [0.05, 0.1) is 6.61 Å². The van der Waals surface area contributed by atoms with E-state index in [2.05, 4.69) is 5.32 Å². The van der Waals surface area contributed by atoms with Gasteiger partial charge in [0.1, 0.15) is 0 Å². The first-order chi connectivity index (χ1) is 8.65. The number of hydrogen-bond acceptors (Lipinski definition) is 2. The molecular weight excluding hydrogens is 269 g/mol. The molecule has 1 N–H and O–H groups in total. The normalized spacial score (nSPS) is 24.2. The fourth-order valence-electron chi connectivity index (χ4n) is 2.71. The molecule has 0 aliphatic carbocycles. The molecule has 1 saturated heterocycles. The van der Waals surface area contributed by atoms with Crippen LogP contribution >= 0.6 is 23.2 Å². The van der Waals surface area contributed by atoms with Crippen molar-refractivity contribution >= 4 is 23.2 Å². The lowest BCUT2D eigenvalue weighted by Gasteiger charge is -2.37. The van der Waals surface area contributed by atoms with Crippen LogP contribution in [0.2, 0.25) is 10.0 Å². The molecule has 2 rings (SSSR count). The smallest absolute Gasteiger partial charge is 0.0537 e. The van der Waals surface area contributed by atoms with Crippen LogP contribution in [0.1, 0.15) is 18.4 Å². The van der Waals surface area contributed by atoms with Gasteiger partial charge in [-0.15, -0.1) is 0 Å². The molecule has 0 spiro atoms. The third-order valence-electron chi connectivity index (χ3n) is 3.53. The van der Waals surface area contributed by atoms with Crippen molar-refractivity contribution in [1.82, 2.24) is 5.32 Å². The van der Waals surface area contributed by atoms with E-state index in [0.29, 0.717) is 0 Å². The Morgan fingerprint density at radius 2 is 2.22 bits per heavy atom. The first kappa shape index (κ1) is 14.1. The van der Waals surface area contributed by atoms with E-state index in [0.717, 1.165) is 54.6 Å². The van der Waals surface area contributed by atoms with Crippen molar-refractivity contribution in [3.63, 3.8) is 0 Å². The average Bonchev–Trinajstić information content (AvgIpc) is 2.35. The van der Waals surface area contributed by atoms with Crippen LogP contribution in [-0.4, -0.2) is 26.8 Å². The van der Waals surface area contributed by atoms with Crippen molar-refractivity contribution in [2.24, 2.45) is 5.41 Å². The van der Waals surface area contributed by atoms with Gasteiger partial charge in [-0.1, -0.05) is 23.2 Å². The molecule has 0 saturated carbocycles. The molecule has 0 bridgehead atoms. The summed E-state index contributed by atoms with van der Waals surface area (Å²) in [4.78, 5) is 0. The molecule has 1 aromatic carbocycles. The van der Waals surface area contributed by atoms with E-state index in [1.807, 2.05) is 25.2 Å². The van der Waals surface area contributed by atoms with Gasteiger partial charge in [-0.05, 0) is 50.1 Å². The van der Waals surface area contributed by atoms with Crippen molar-refractivity contribution in [3.8, 4) is 0 Å². The molecule has 1 unspecified atom stereocenters. The zero-order valence-electron chi connectivity index (χ0n) is 10.6. The summed E-state index contributed by atoms with van der Waals surface area (Å²) < 4.78 is 5.66. The lowest BCUT2D eigenvalue weighted by atomic mass is 9.77. The Balaban J connectivity index is 2.19. The van der Waals surface area contributed by atoms with Crippen LogP contribution in [0.5, 0.6) is 0 Å². The van der Waals surface area contributed by atoms with Crippen molar-refractivity contribution in [2.45, 2.75) is 19.3 Å². The fraction of sp³-hybridized carbons (Fsp3) is 0.571. The third kappa shape index (κ3) is 3.39. The lowest BCUT2D eigenvalue weighted by Crippen LogP contribution is -2.41. The Labute approximate surface area is 119 Å². The summed E-state index contributed by atoms with van der Waals surface area (Å²) in [5.74, 6) is 0. The zero-order valence-corrected chi connectivity index (χ0v) is 12.2.